The van der Waals surface area contributed by atoms with Gasteiger partial charge in [-0.05, 0) is 29.6 Å². The number of halogens is 1. The van der Waals surface area contributed by atoms with E-state index in [0.717, 1.165) is 10.4 Å². The average Bonchev–Trinajstić information content (AvgIpc) is 3.24. The molecular formula is C16H13ClN4OS. The third-order valence-electron chi connectivity index (χ3n) is 3.11. The van der Waals surface area contributed by atoms with Gasteiger partial charge in [-0.15, -0.1) is 11.3 Å². The molecule has 116 valence electrons. The predicted octanol–water partition coefficient (Wildman–Crippen LogP) is 3.70. The number of rotatable bonds is 5. The van der Waals surface area contributed by atoms with Crippen LogP contribution >= 0.6 is 22.9 Å². The van der Waals surface area contributed by atoms with Crippen molar-refractivity contribution >= 4 is 34.5 Å². The highest BCUT2D eigenvalue weighted by Crippen LogP contribution is 2.20. The Kier molecular flexibility index (Phi) is 4.45. The van der Waals surface area contributed by atoms with Gasteiger partial charge in [-0.2, -0.15) is 5.10 Å². The van der Waals surface area contributed by atoms with Crippen molar-refractivity contribution < 1.29 is 4.79 Å². The number of aromatic amines is 1. The van der Waals surface area contributed by atoms with Gasteiger partial charge in [0, 0.05) is 10.6 Å². The van der Waals surface area contributed by atoms with E-state index >= 15 is 0 Å². The van der Waals surface area contributed by atoms with Gasteiger partial charge in [0.05, 0.1) is 16.3 Å². The van der Waals surface area contributed by atoms with E-state index in [1.165, 1.54) is 11.3 Å². The maximum Gasteiger partial charge on any atom is 0.287 e. The van der Waals surface area contributed by atoms with Crippen molar-refractivity contribution in [1.82, 2.24) is 21.0 Å². The minimum absolute atomic E-state index is 0.324. The number of nitrogens with one attached hydrogen (secondary N) is 3. The number of carbonyl (C=O) groups excluding carboxylic acids is 1. The van der Waals surface area contributed by atoms with E-state index in [9.17, 15) is 4.79 Å². The molecule has 0 saturated carbocycles. The molecule has 3 N–H and O–H groups in total. The van der Waals surface area contributed by atoms with Crippen molar-refractivity contribution in [2.45, 2.75) is 0 Å². The first-order valence-electron chi connectivity index (χ1n) is 6.74. The Morgan fingerprint density at radius 1 is 1.22 bits per heavy atom. The number of thiophene rings is 1. The minimum Gasteiger partial charge on any atom is -0.297 e. The summed E-state index contributed by atoms with van der Waals surface area (Å²) in [5.41, 5.74) is 7.90. The summed E-state index contributed by atoms with van der Waals surface area (Å²) in [5, 5.41) is 9.45. The highest BCUT2D eigenvalue weighted by molar-refractivity contribution is 7.11. The molecular weight excluding hydrogens is 332 g/mol. The fourth-order valence-electron chi connectivity index (χ4n) is 1.92. The first-order chi connectivity index (χ1) is 11.1. The predicted molar refractivity (Wildman–Crippen MR) is 93.0 cm³/mol. The van der Waals surface area contributed by atoms with E-state index in [0.29, 0.717) is 22.1 Å². The van der Waals surface area contributed by atoms with Crippen molar-refractivity contribution in [2.75, 3.05) is 0 Å². The molecule has 0 spiro atoms. The van der Waals surface area contributed by atoms with Crippen LogP contribution in [0.25, 0.3) is 17.0 Å². The number of hydrogen-bond acceptors (Lipinski definition) is 4. The molecule has 0 aliphatic rings. The van der Waals surface area contributed by atoms with Crippen LogP contribution in [0.5, 0.6) is 0 Å². The number of hydrogen-bond donors (Lipinski definition) is 3. The Balaban J connectivity index is 1.64. The van der Waals surface area contributed by atoms with E-state index in [2.05, 4.69) is 27.6 Å². The van der Waals surface area contributed by atoms with Crippen LogP contribution in [0.15, 0.2) is 54.4 Å². The van der Waals surface area contributed by atoms with Crippen LogP contribution in [-0.2, 0) is 0 Å². The molecule has 1 aromatic carbocycles. The maximum absolute atomic E-state index is 12.1. The molecule has 0 atom stereocenters. The largest absolute Gasteiger partial charge is 0.297 e. The lowest BCUT2D eigenvalue weighted by Crippen LogP contribution is -2.35. The van der Waals surface area contributed by atoms with E-state index in [1.807, 2.05) is 29.6 Å². The van der Waals surface area contributed by atoms with Crippen LogP contribution in [0, 0.1) is 0 Å². The van der Waals surface area contributed by atoms with Crippen molar-refractivity contribution in [3.63, 3.8) is 0 Å². The van der Waals surface area contributed by atoms with E-state index in [4.69, 9.17) is 11.6 Å². The Morgan fingerprint density at radius 3 is 2.70 bits per heavy atom. The quantitative estimate of drug-likeness (QED) is 0.618. The summed E-state index contributed by atoms with van der Waals surface area (Å²) < 4.78 is 0. The van der Waals surface area contributed by atoms with Crippen LogP contribution in [0.2, 0.25) is 5.02 Å². The van der Waals surface area contributed by atoms with Gasteiger partial charge >= 0.3 is 0 Å². The van der Waals surface area contributed by atoms with Crippen molar-refractivity contribution in [1.29, 1.82) is 0 Å². The van der Waals surface area contributed by atoms with Crippen LogP contribution < -0.4 is 10.9 Å². The van der Waals surface area contributed by atoms with Gasteiger partial charge in [0.1, 0.15) is 5.69 Å². The van der Waals surface area contributed by atoms with Gasteiger partial charge in [-0.25, -0.2) is 0 Å². The number of H-pyrrole nitrogens is 1. The molecule has 0 unspecified atom stereocenters. The summed E-state index contributed by atoms with van der Waals surface area (Å²) in [4.78, 5) is 13.1. The van der Waals surface area contributed by atoms with Crippen LogP contribution in [0.1, 0.15) is 15.4 Å². The topological polar surface area (TPSA) is 69.8 Å². The Bertz CT molecular complexity index is 824. The minimum atomic E-state index is -0.324. The molecule has 7 heteroatoms. The number of benzene rings is 1. The lowest BCUT2D eigenvalue weighted by molar-refractivity contribution is 0.0937. The highest BCUT2D eigenvalue weighted by atomic mass is 35.5. The SMILES string of the molecule is C=C(NNC(=O)c1cc(-c2ccc(Cl)cc2)n[nH]1)c1cccs1. The van der Waals surface area contributed by atoms with E-state index in [-0.39, 0.29) is 5.91 Å². The Hall–Kier alpha value is -2.57. The average molecular weight is 345 g/mol. The first kappa shape index (κ1) is 15.3. The molecule has 23 heavy (non-hydrogen) atoms. The summed E-state index contributed by atoms with van der Waals surface area (Å²) in [5.74, 6) is -0.324. The number of hydrazine groups is 1. The zero-order valence-corrected chi connectivity index (χ0v) is 13.5. The third kappa shape index (κ3) is 3.61. The molecule has 2 aromatic heterocycles. The third-order valence-corrected chi connectivity index (χ3v) is 4.29. The maximum atomic E-state index is 12.1. The number of amides is 1. The fourth-order valence-corrected chi connectivity index (χ4v) is 2.70. The molecule has 0 radical (unpaired) electrons. The smallest absolute Gasteiger partial charge is 0.287 e. The van der Waals surface area contributed by atoms with Crippen molar-refractivity contribution in [2.24, 2.45) is 0 Å². The van der Waals surface area contributed by atoms with Crippen molar-refractivity contribution in [3.05, 3.63) is 70.0 Å². The summed E-state index contributed by atoms with van der Waals surface area (Å²) in [6, 6.07) is 12.8. The molecule has 5 nitrogen and oxygen atoms in total. The van der Waals surface area contributed by atoms with Crippen LogP contribution in [0.4, 0.5) is 0 Å². The van der Waals surface area contributed by atoms with E-state index < -0.39 is 0 Å². The van der Waals surface area contributed by atoms with Gasteiger partial charge in [0.15, 0.2) is 0 Å². The van der Waals surface area contributed by atoms with Gasteiger partial charge in [-0.3, -0.25) is 20.7 Å². The molecule has 0 aliphatic carbocycles. The Labute approximate surface area is 142 Å². The zero-order chi connectivity index (χ0) is 16.2. The van der Waals surface area contributed by atoms with Crippen LogP contribution in [0.3, 0.4) is 0 Å². The van der Waals surface area contributed by atoms with E-state index in [1.54, 1.807) is 18.2 Å². The van der Waals surface area contributed by atoms with Crippen LogP contribution in [-0.4, -0.2) is 16.1 Å². The first-order valence-corrected chi connectivity index (χ1v) is 8.00. The van der Waals surface area contributed by atoms with Gasteiger partial charge in [0.25, 0.3) is 5.91 Å². The summed E-state index contributed by atoms with van der Waals surface area (Å²) in [6.07, 6.45) is 0. The fraction of sp³-hybridized carbons (Fsp3) is 0. The van der Waals surface area contributed by atoms with Gasteiger partial charge in [-0.1, -0.05) is 36.4 Å². The lowest BCUT2D eigenvalue weighted by atomic mass is 10.1. The number of carbonyl (C=O) groups is 1. The standard InChI is InChI=1S/C16H13ClN4OS/c1-10(15-3-2-8-23-15)18-21-16(22)14-9-13(19-20-14)11-4-6-12(17)7-5-11/h2-9,18H,1H2,(H,19,20)(H,21,22). The van der Waals surface area contributed by atoms with Gasteiger partial charge < -0.3 is 0 Å². The number of aromatic nitrogens is 2. The molecule has 1 amide bonds. The second-order valence-electron chi connectivity index (χ2n) is 4.71. The zero-order valence-electron chi connectivity index (χ0n) is 12.0. The summed E-state index contributed by atoms with van der Waals surface area (Å²) in [7, 11) is 0. The molecule has 3 aromatic rings. The summed E-state index contributed by atoms with van der Waals surface area (Å²) in [6.45, 7) is 3.87. The number of nitrogens with zero attached hydrogens (tertiary/aromatic N) is 1. The second kappa shape index (κ2) is 6.68. The highest BCUT2D eigenvalue weighted by Gasteiger charge is 2.11. The van der Waals surface area contributed by atoms with Gasteiger partial charge in [0.2, 0.25) is 0 Å². The monoisotopic (exact) mass is 344 g/mol. The molecule has 0 saturated heterocycles. The normalized spacial score (nSPS) is 10.3. The molecule has 0 aliphatic heterocycles. The molecule has 0 fully saturated rings. The van der Waals surface area contributed by atoms with Crippen molar-refractivity contribution in [3.8, 4) is 11.3 Å². The molecule has 3 rings (SSSR count). The lowest BCUT2D eigenvalue weighted by Gasteiger charge is -2.08. The molecule has 2 heterocycles. The Morgan fingerprint density at radius 2 is 2.00 bits per heavy atom. The summed E-state index contributed by atoms with van der Waals surface area (Å²) >= 11 is 7.40. The second-order valence-corrected chi connectivity index (χ2v) is 6.09. The molecule has 0 bridgehead atoms.